The molecule has 0 radical (unpaired) electrons. The van der Waals surface area contributed by atoms with Crippen LogP contribution in [-0.2, 0) is 0 Å². The molecule has 1 heterocycles. The van der Waals surface area contributed by atoms with Gasteiger partial charge in [0.15, 0.2) is 0 Å². The molecular formula is C14H28N2. The van der Waals surface area contributed by atoms with E-state index >= 15 is 0 Å². The number of hydrogen-bond donors (Lipinski definition) is 1. The summed E-state index contributed by atoms with van der Waals surface area (Å²) in [7, 11) is 2.25. The molecule has 0 aromatic carbocycles. The van der Waals surface area contributed by atoms with E-state index in [1.54, 1.807) is 0 Å². The number of hydrogen-bond acceptors (Lipinski definition) is 2. The van der Waals surface area contributed by atoms with Crippen LogP contribution in [0.25, 0.3) is 0 Å². The summed E-state index contributed by atoms with van der Waals surface area (Å²) in [6.45, 7) is 16.4. The molecule has 0 aromatic rings. The maximum absolute atomic E-state index is 3.78. The number of rotatable bonds is 3. The Bertz CT molecular complexity index is 255. The number of nitrogens with zero attached hydrogens (tertiary/aromatic N) is 1. The predicted molar refractivity (Wildman–Crippen MR) is 71.7 cm³/mol. The molecule has 1 aliphatic heterocycles. The van der Waals surface area contributed by atoms with Crippen molar-refractivity contribution in [3.8, 4) is 0 Å². The number of likely N-dealkylation sites (tertiary alicyclic amines) is 1. The van der Waals surface area contributed by atoms with Gasteiger partial charge in [-0.2, -0.15) is 0 Å². The van der Waals surface area contributed by atoms with E-state index in [1.165, 1.54) is 6.42 Å². The van der Waals surface area contributed by atoms with Gasteiger partial charge in [0.25, 0.3) is 0 Å². The van der Waals surface area contributed by atoms with Crippen molar-refractivity contribution in [2.45, 2.75) is 58.2 Å². The Kier molecular flexibility index (Phi) is 3.86. The van der Waals surface area contributed by atoms with Crippen molar-refractivity contribution in [1.29, 1.82) is 0 Å². The SMILES string of the molecule is C=CCNC1CC(C)(C)N(C)C(C)(C)C1C. The molecule has 1 fully saturated rings. The molecule has 94 valence electrons. The highest BCUT2D eigenvalue weighted by Gasteiger charge is 2.47. The molecule has 1 aliphatic rings. The minimum absolute atomic E-state index is 0.237. The van der Waals surface area contributed by atoms with Crippen molar-refractivity contribution in [3.63, 3.8) is 0 Å². The normalized spacial score (nSPS) is 33.6. The smallest absolute Gasteiger partial charge is 0.0195 e. The molecule has 0 aromatic heterocycles. The molecule has 2 nitrogen and oxygen atoms in total. The lowest BCUT2D eigenvalue weighted by Gasteiger charge is -2.57. The Morgan fingerprint density at radius 2 is 1.94 bits per heavy atom. The summed E-state index contributed by atoms with van der Waals surface area (Å²) in [4.78, 5) is 2.52. The first-order valence-electron chi connectivity index (χ1n) is 6.31. The van der Waals surface area contributed by atoms with Crippen molar-refractivity contribution >= 4 is 0 Å². The van der Waals surface area contributed by atoms with Crippen LogP contribution in [0.4, 0.5) is 0 Å². The fourth-order valence-electron chi connectivity index (χ4n) is 2.91. The standard InChI is InChI=1S/C14H28N2/c1-8-9-15-12-10-13(3,4)16(7)14(5,6)11(12)2/h8,11-12,15H,1,9-10H2,2-7H3. The fraction of sp³-hybridized carbons (Fsp3) is 0.857. The van der Waals surface area contributed by atoms with E-state index in [9.17, 15) is 0 Å². The molecule has 0 amide bonds. The van der Waals surface area contributed by atoms with Crippen LogP contribution >= 0.6 is 0 Å². The zero-order valence-electron chi connectivity index (χ0n) is 11.8. The molecular weight excluding hydrogens is 196 g/mol. The van der Waals surface area contributed by atoms with Crippen molar-refractivity contribution in [1.82, 2.24) is 10.2 Å². The fourth-order valence-corrected chi connectivity index (χ4v) is 2.91. The van der Waals surface area contributed by atoms with Crippen LogP contribution in [0.1, 0.15) is 41.0 Å². The van der Waals surface area contributed by atoms with Crippen molar-refractivity contribution in [2.75, 3.05) is 13.6 Å². The van der Waals surface area contributed by atoms with E-state index in [-0.39, 0.29) is 11.1 Å². The Morgan fingerprint density at radius 3 is 2.44 bits per heavy atom. The van der Waals surface area contributed by atoms with Crippen LogP contribution in [-0.4, -0.2) is 35.6 Å². The molecule has 2 heteroatoms. The lowest BCUT2D eigenvalue weighted by atomic mass is 9.70. The Balaban J connectivity index is 2.86. The quantitative estimate of drug-likeness (QED) is 0.741. The van der Waals surface area contributed by atoms with Gasteiger partial charge in [-0.1, -0.05) is 13.0 Å². The lowest BCUT2D eigenvalue weighted by molar-refractivity contribution is -0.0559. The van der Waals surface area contributed by atoms with Gasteiger partial charge >= 0.3 is 0 Å². The summed E-state index contributed by atoms with van der Waals surface area (Å²) in [5, 5.41) is 3.61. The lowest BCUT2D eigenvalue weighted by Crippen LogP contribution is -2.66. The van der Waals surface area contributed by atoms with Gasteiger partial charge in [0.1, 0.15) is 0 Å². The Morgan fingerprint density at radius 1 is 1.38 bits per heavy atom. The minimum Gasteiger partial charge on any atom is -0.310 e. The van der Waals surface area contributed by atoms with E-state index in [0.717, 1.165) is 6.54 Å². The van der Waals surface area contributed by atoms with Crippen molar-refractivity contribution in [2.24, 2.45) is 5.92 Å². The molecule has 16 heavy (non-hydrogen) atoms. The molecule has 0 bridgehead atoms. The van der Waals surface area contributed by atoms with Crippen LogP contribution in [0.5, 0.6) is 0 Å². The summed E-state index contributed by atoms with van der Waals surface area (Å²) in [5.74, 6) is 0.644. The van der Waals surface area contributed by atoms with Gasteiger partial charge < -0.3 is 5.32 Å². The van der Waals surface area contributed by atoms with Gasteiger partial charge in [0.05, 0.1) is 0 Å². The number of nitrogens with one attached hydrogen (secondary N) is 1. The Labute approximate surface area is 101 Å². The van der Waals surface area contributed by atoms with E-state index in [1.807, 2.05) is 6.08 Å². The van der Waals surface area contributed by atoms with Gasteiger partial charge in [-0.3, -0.25) is 4.90 Å². The topological polar surface area (TPSA) is 15.3 Å². The maximum Gasteiger partial charge on any atom is 0.0195 e. The van der Waals surface area contributed by atoms with E-state index in [4.69, 9.17) is 0 Å². The third kappa shape index (κ3) is 2.33. The predicted octanol–water partition coefficient (Wildman–Crippen LogP) is 2.66. The second-order valence-corrected chi connectivity index (χ2v) is 6.32. The molecule has 2 atom stereocenters. The van der Waals surface area contributed by atoms with E-state index in [0.29, 0.717) is 12.0 Å². The van der Waals surface area contributed by atoms with Crippen LogP contribution < -0.4 is 5.32 Å². The summed E-state index contributed by atoms with van der Waals surface area (Å²) in [5.41, 5.74) is 0.495. The number of piperidine rings is 1. The van der Waals surface area contributed by atoms with Gasteiger partial charge in [-0.25, -0.2) is 0 Å². The third-order valence-electron chi connectivity index (χ3n) is 4.73. The van der Waals surface area contributed by atoms with Crippen molar-refractivity contribution in [3.05, 3.63) is 12.7 Å². The zero-order chi connectivity index (χ0) is 12.6. The molecule has 0 spiro atoms. The van der Waals surface area contributed by atoms with Gasteiger partial charge in [0.2, 0.25) is 0 Å². The highest BCUT2D eigenvalue weighted by atomic mass is 15.3. The highest BCUT2D eigenvalue weighted by Crippen LogP contribution is 2.40. The van der Waals surface area contributed by atoms with Crippen LogP contribution in [0, 0.1) is 5.92 Å². The molecule has 1 N–H and O–H groups in total. The second kappa shape index (κ2) is 4.50. The highest BCUT2D eigenvalue weighted by molar-refractivity contribution is 5.04. The summed E-state index contributed by atoms with van der Waals surface area (Å²) in [6, 6.07) is 0.583. The van der Waals surface area contributed by atoms with E-state index in [2.05, 4.69) is 58.5 Å². The minimum atomic E-state index is 0.237. The van der Waals surface area contributed by atoms with Crippen molar-refractivity contribution < 1.29 is 0 Å². The molecule has 0 saturated carbocycles. The second-order valence-electron chi connectivity index (χ2n) is 6.32. The monoisotopic (exact) mass is 224 g/mol. The molecule has 2 unspecified atom stereocenters. The van der Waals surface area contributed by atoms with Gasteiger partial charge in [-0.15, -0.1) is 6.58 Å². The summed E-state index contributed by atoms with van der Waals surface area (Å²) >= 11 is 0. The first-order chi connectivity index (χ1) is 7.23. The first-order valence-corrected chi connectivity index (χ1v) is 6.31. The average molecular weight is 224 g/mol. The van der Waals surface area contributed by atoms with Crippen LogP contribution in [0.15, 0.2) is 12.7 Å². The maximum atomic E-state index is 3.78. The molecule has 1 saturated heterocycles. The van der Waals surface area contributed by atoms with Crippen LogP contribution in [0.3, 0.4) is 0 Å². The first kappa shape index (κ1) is 13.7. The summed E-state index contributed by atoms with van der Waals surface area (Å²) < 4.78 is 0. The average Bonchev–Trinajstić information content (AvgIpc) is 2.20. The zero-order valence-corrected chi connectivity index (χ0v) is 11.8. The van der Waals surface area contributed by atoms with Gasteiger partial charge in [0, 0.05) is 23.7 Å². The van der Waals surface area contributed by atoms with Gasteiger partial charge in [-0.05, 0) is 47.1 Å². The molecule has 1 rings (SSSR count). The third-order valence-corrected chi connectivity index (χ3v) is 4.73. The molecule has 0 aliphatic carbocycles. The van der Waals surface area contributed by atoms with E-state index < -0.39 is 0 Å². The Hall–Kier alpha value is -0.340. The van der Waals surface area contributed by atoms with Crippen LogP contribution in [0.2, 0.25) is 0 Å². The largest absolute Gasteiger partial charge is 0.310 e. The summed E-state index contributed by atoms with van der Waals surface area (Å²) in [6.07, 6.45) is 3.15.